The molecule has 1 aliphatic heterocycles. The molecule has 0 amide bonds. The molecule has 40 heavy (non-hydrogen) atoms. The van der Waals surface area contributed by atoms with Crippen molar-refractivity contribution >= 4 is 17.4 Å². The minimum atomic E-state index is -0.455. The third-order valence-corrected chi connectivity index (χ3v) is 7.56. The molecule has 1 heterocycles. The van der Waals surface area contributed by atoms with Gasteiger partial charge in [0.2, 0.25) is 11.5 Å². The summed E-state index contributed by atoms with van der Waals surface area (Å²) in [6.45, 7) is 0.260. The van der Waals surface area contributed by atoms with Crippen LogP contribution in [0.15, 0.2) is 53.4 Å². The Morgan fingerprint density at radius 3 is 1.85 bits per heavy atom. The lowest BCUT2D eigenvalue weighted by atomic mass is 10.0. The van der Waals surface area contributed by atoms with Gasteiger partial charge in [-0.15, -0.1) is 11.8 Å². The molecule has 1 aliphatic rings. The van der Waals surface area contributed by atoms with Crippen molar-refractivity contribution in [1.29, 1.82) is 0 Å². The normalized spacial score (nSPS) is 16.3. The van der Waals surface area contributed by atoms with Crippen LogP contribution < -0.4 is 28.4 Å². The maximum Gasteiger partial charge on any atom is 0.315 e. The molecular weight excluding hydrogens is 538 g/mol. The number of hydrogen-bond acceptors (Lipinski definition) is 10. The lowest BCUT2D eigenvalue weighted by Gasteiger charge is -2.19. The monoisotopic (exact) mass is 571 g/mol. The molecule has 0 aliphatic carbocycles. The quantitative estimate of drug-likeness (QED) is 0.0989. The Bertz CT molecular complexity index is 1290. The third-order valence-electron chi connectivity index (χ3n) is 6.58. The van der Waals surface area contributed by atoms with Gasteiger partial charge in [-0.25, -0.2) is 0 Å². The average Bonchev–Trinajstić information content (AvgIpc) is 3.49. The van der Waals surface area contributed by atoms with E-state index in [-0.39, 0.29) is 30.3 Å². The number of methoxy groups -OCH3 is 5. The van der Waals surface area contributed by atoms with Crippen LogP contribution in [0.25, 0.3) is 0 Å². The van der Waals surface area contributed by atoms with E-state index in [0.29, 0.717) is 47.2 Å². The van der Waals surface area contributed by atoms with Gasteiger partial charge in [-0.2, -0.15) is 0 Å². The van der Waals surface area contributed by atoms with Gasteiger partial charge in [0.25, 0.3) is 0 Å². The van der Waals surface area contributed by atoms with Gasteiger partial charge in [0.1, 0.15) is 5.75 Å². The average molecular weight is 572 g/mol. The van der Waals surface area contributed by atoms with Crippen molar-refractivity contribution in [3.63, 3.8) is 0 Å². The number of ether oxygens (including phenoxy) is 7. The Morgan fingerprint density at radius 2 is 1.35 bits per heavy atom. The van der Waals surface area contributed by atoms with E-state index in [1.807, 2.05) is 36.4 Å². The predicted molar refractivity (Wildman–Crippen MR) is 151 cm³/mol. The molecule has 10 nitrogen and oxygen atoms in total. The minimum Gasteiger partial charge on any atom is -0.497 e. The lowest BCUT2D eigenvalue weighted by molar-refractivity contribution is -0.386. The second-order valence-electron chi connectivity index (χ2n) is 8.85. The number of nitro groups is 1. The highest BCUT2D eigenvalue weighted by atomic mass is 32.2. The topological polar surface area (TPSA) is 108 Å². The Balaban J connectivity index is 1.49. The van der Waals surface area contributed by atoms with Crippen LogP contribution in [0.1, 0.15) is 36.2 Å². The molecule has 2 atom stereocenters. The summed E-state index contributed by atoms with van der Waals surface area (Å²) in [5.74, 6) is 3.34. The molecule has 4 rings (SSSR count). The fourth-order valence-corrected chi connectivity index (χ4v) is 5.35. The Hall–Kier alpha value is -3.83. The molecule has 3 aromatic rings. The van der Waals surface area contributed by atoms with Gasteiger partial charge in [-0.1, -0.05) is 0 Å². The van der Waals surface area contributed by atoms with Gasteiger partial charge in [-0.05, 0) is 66.4 Å². The van der Waals surface area contributed by atoms with Gasteiger partial charge in [-0.3, -0.25) is 10.1 Å². The van der Waals surface area contributed by atoms with Crippen LogP contribution in [0, 0.1) is 10.1 Å². The van der Waals surface area contributed by atoms with Crippen molar-refractivity contribution in [2.75, 3.05) is 47.9 Å². The van der Waals surface area contributed by atoms with Crippen molar-refractivity contribution in [3.8, 4) is 34.5 Å². The SMILES string of the molecule is COc1ccc(SCCOc2c(OC)cc([C@@H]3CC[C@@H](c4cc(OC)c(OC)c(OC)c4)O3)cc2[N+](=O)[O-])cc1. The summed E-state index contributed by atoms with van der Waals surface area (Å²) in [4.78, 5) is 12.6. The maximum atomic E-state index is 12.0. The summed E-state index contributed by atoms with van der Waals surface area (Å²) in [5.41, 5.74) is 1.36. The first-order valence-corrected chi connectivity index (χ1v) is 13.6. The van der Waals surface area contributed by atoms with Gasteiger partial charge < -0.3 is 33.2 Å². The summed E-state index contributed by atoms with van der Waals surface area (Å²) in [5, 5.41) is 12.0. The second kappa shape index (κ2) is 13.5. The standard InChI is InChI=1S/C29H33NO9S/c1-33-20-6-8-21(9-7-20)40-13-12-38-28-22(30(31)32)14-18(15-25(28)34-2)23-10-11-24(39-23)19-16-26(35-3)29(37-5)27(17-19)36-4/h6-9,14-17,23-24H,10-13H2,1-5H3/t23-,24-/m0/s1. The first-order chi connectivity index (χ1) is 19.4. The molecule has 0 unspecified atom stereocenters. The molecule has 214 valence electrons. The highest BCUT2D eigenvalue weighted by Gasteiger charge is 2.32. The van der Waals surface area contributed by atoms with E-state index in [1.165, 1.54) is 13.2 Å². The van der Waals surface area contributed by atoms with Gasteiger partial charge in [0.15, 0.2) is 17.2 Å². The molecule has 0 bridgehead atoms. The lowest BCUT2D eigenvalue weighted by Crippen LogP contribution is -2.07. The van der Waals surface area contributed by atoms with E-state index in [1.54, 1.807) is 46.3 Å². The van der Waals surface area contributed by atoms with Crippen LogP contribution >= 0.6 is 11.8 Å². The Kier molecular flexibility index (Phi) is 9.84. The molecule has 0 radical (unpaired) electrons. The van der Waals surface area contributed by atoms with Gasteiger partial charge >= 0.3 is 5.69 Å². The van der Waals surface area contributed by atoms with Crippen LogP contribution in [0.4, 0.5) is 5.69 Å². The molecule has 1 saturated heterocycles. The molecule has 11 heteroatoms. The molecule has 3 aromatic carbocycles. The highest BCUT2D eigenvalue weighted by molar-refractivity contribution is 7.99. The summed E-state index contributed by atoms with van der Waals surface area (Å²) < 4.78 is 39.3. The zero-order valence-corrected chi connectivity index (χ0v) is 23.9. The largest absolute Gasteiger partial charge is 0.497 e. The van der Waals surface area contributed by atoms with E-state index in [0.717, 1.165) is 16.2 Å². The minimum absolute atomic E-state index is 0.103. The number of nitrogens with zero attached hydrogens (tertiary/aromatic N) is 1. The van der Waals surface area contributed by atoms with Crippen molar-refractivity contribution in [3.05, 3.63) is 69.8 Å². The first-order valence-electron chi connectivity index (χ1n) is 12.6. The van der Waals surface area contributed by atoms with Crippen molar-refractivity contribution in [2.45, 2.75) is 29.9 Å². The van der Waals surface area contributed by atoms with Gasteiger partial charge in [0.05, 0.1) is 59.3 Å². The number of nitro benzene ring substituents is 1. The van der Waals surface area contributed by atoms with E-state index in [4.69, 9.17) is 33.2 Å². The van der Waals surface area contributed by atoms with Crippen molar-refractivity contribution in [2.24, 2.45) is 0 Å². The Morgan fingerprint density at radius 1 is 0.800 bits per heavy atom. The zero-order chi connectivity index (χ0) is 28.6. The Labute approximate surface area is 237 Å². The van der Waals surface area contributed by atoms with E-state index in [2.05, 4.69) is 0 Å². The van der Waals surface area contributed by atoms with E-state index in [9.17, 15) is 10.1 Å². The number of thioether (sulfide) groups is 1. The molecule has 0 saturated carbocycles. The molecule has 0 N–H and O–H groups in total. The van der Waals surface area contributed by atoms with Crippen LogP contribution in [0.5, 0.6) is 34.5 Å². The molecule has 0 spiro atoms. The van der Waals surface area contributed by atoms with Gasteiger partial charge in [0, 0.05) is 16.7 Å². The fraction of sp³-hybridized carbons (Fsp3) is 0.379. The smallest absolute Gasteiger partial charge is 0.315 e. The van der Waals surface area contributed by atoms with Crippen LogP contribution in [0.2, 0.25) is 0 Å². The fourth-order valence-electron chi connectivity index (χ4n) is 4.62. The van der Waals surface area contributed by atoms with E-state index < -0.39 is 4.92 Å². The number of hydrogen-bond donors (Lipinski definition) is 0. The number of benzene rings is 3. The van der Waals surface area contributed by atoms with Crippen LogP contribution in [-0.4, -0.2) is 52.8 Å². The van der Waals surface area contributed by atoms with Crippen molar-refractivity contribution < 1.29 is 38.1 Å². The second-order valence-corrected chi connectivity index (χ2v) is 10.0. The number of rotatable bonds is 13. The first kappa shape index (κ1) is 29.2. The van der Waals surface area contributed by atoms with Crippen LogP contribution in [-0.2, 0) is 4.74 Å². The predicted octanol–water partition coefficient (Wildman–Crippen LogP) is 6.40. The molecule has 0 aromatic heterocycles. The summed E-state index contributed by atoms with van der Waals surface area (Å²) >= 11 is 1.58. The van der Waals surface area contributed by atoms with Crippen molar-refractivity contribution in [1.82, 2.24) is 0 Å². The summed E-state index contributed by atoms with van der Waals surface area (Å²) in [7, 11) is 7.76. The third kappa shape index (κ3) is 6.48. The molecule has 1 fully saturated rings. The van der Waals surface area contributed by atoms with Crippen LogP contribution in [0.3, 0.4) is 0 Å². The molecular formula is C29H33NO9S. The summed E-state index contributed by atoms with van der Waals surface area (Å²) in [6, 6.07) is 14.7. The van der Waals surface area contributed by atoms with E-state index >= 15 is 0 Å². The maximum absolute atomic E-state index is 12.0. The highest BCUT2D eigenvalue weighted by Crippen LogP contribution is 2.48. The summed E-state index contributed by atoms with van der Waals surface area (Å²) in [6.07, 6.45) is 0.756. The zero-order valence-electron chi connectivity index (χ0n) is 23.1.